The third-order valence-corrected chi connectivity index (χ3v) is 1.93. The van der Waals surface area contributed by atoms with E-state index in [1.807, 2.05) is 11.4 Å². The van der Waals surface area contributed by atoms with Crippen molar-refractivity contribution >= 4 is 11.3 Å². The molecule has 0 aliphatic carbocycles. The fourth-order valence-electron chi connectivity index (χ4n) is 0.698. The summed E-state index contributed by atoms with van der Waals surface area (Å²) in [5, 5.41) is 19.3. The highest BCUT2D eigenvalue weighted by molar-refractivity contribution is 7.11. The molecule has 1 aromatic heterocycles. The molecule has 13 heavy (non-hydrogen) atoms. The molecular weight excluding hydrogens is 184 g/mol. The van der Waals surface area contributed by atoms with Crippen molar-refractivity contribution in [2.75, 3.05) is 0 Å². The van der Waals surface area contributed by atoms with Gasteiger partial charge in [0.1, 0.15) is 5.75 Å². The molecule has 0 unspecified atom stereocenters. The Bertz CT molecular complexity index is 316. The Labute approximate surface area is 80.7 Å². The molecule has 0 saturated heterocycles. The smallest absolute Gasteiger partial charge is 0.171 e. The molecule has 2 nitrogen and oxygen atoms in total. The standard InChI is InChI=1S/C6H6O.C4H4OS/c7-6-4-2-1-3-5-6;5-4-2-1-3-6-4/h1-5,7H;1-3,5H. The van der Waals surface area contributed by atoms with Gasteiger partial charge < -0.3 is 10.2 Å². The van der Waals surface area contributed by atoms with Crippen molar-refractivity contribution in [1.82, 2.24) is 0 Å². The van der Waals surface area contributed by atoms with Gasteiger partial charge in [-0.05, 0) is 29.6 Å². The molecule has 0 spiro atoms. The zero-order chi connectivity index (χ0) is 9.52. The highest BCUT2D eigenvalue weighted by Gasteiger charge is 1.78. The summed E-state index contributed by atoms with van der Waals surface area (Å²) >= 11 is 1.33. The van der Waals surface area contributed by atoms with Crippen LogP contribution in [0.15, 0.2) is 47.8 Å². The van der Waals surface area contributed by atoms with Crippen LogP contribution in [0.1, 0.15) is 0 Å². The number of hydrogen-bond donors (Lipinski definition) is 2. The minimum atomic E-state index is 0.322. The Hall–Kier alpha value is -1.48. The van der Waals surface area contributed by atoms with Crippen molar-refractivity contribution in [3.05, 3.63) is 47.8 Å². The molecule has 0 saturated carbocycles. The molecule has 68 valence electrons. The topological polar surface area (TPSA) is 40.5 Å². The van der Waals surface area contributed by atoms with Crippen molar-refractivity contribution in [3.63, 3.8) is 0 Å². The van der Waals surface area contributed by atoms with Crippen molar-refractivity contribution < 1.29 is 10.2 Å². The Balaban J connectivity index is 0.000000132. The van der Waals surface area contributed by atoms with Gasteiger partial charge in [0.25, 0.3) is 0 Å². The zero-order valence-corrected chi connectivity index (χ0v) is 7.74. The number of rotatable bonds is 0. The molecule has 1 aromatic carbocycles. The third-order valence-electron chi connectivity index (χ3n) is 1.26. The average molecular weight is 194 g/mol. The number of phenolic OH excluding ortho intramolecular Hbond substituents is 1. The summed E-state index contributed by atoms with van der Waals surface area (Å²) < 4.78 is 0. The average Bonchev–Trinajstić information content (AvgIpc) is 2.58. The lowest BCUT2D eigenvalue weighted by atomic mass is 10.3. The van der Waals surface area contributed by atoms with Crippen LogP contribution in [-0.4, -0.2) is 10.2 Å². The van der Waals surface area contributed by atoms with E-state index in [2.05, 4.69) is 0 Å². The first-order valence-corrected chi connectivity index (χ1v) is 4.63. The van der Waals surface area contributed by atoms with Crippen LogP contribution in [0.2, 0.25) is 0 Å². The summed E-state index contributed by atoms with van der Waals surface area (Å²) in [6.45, 7) is 0. The molecule has 0 atom stereocenters. The van der Waals surface area contributed by atoms with Gasteiger partial charge in [0.05, 0.1) is 0 Å². The molecule has 2 N–H and O–H groups in total. The number of hydrogen-bond acceptors (Lipinski definition) is 3. The Morgan fingerprint density at radius 1 is 0.846 bits per heavy atom. The van der Waals surface area contributed by atoms with Gasteiger partial charge in [0.2, 0.25) is 0 Å². The second-order valence-electron chi connectivity index (χ2n) is 2.29. The van der Waals surface area contributed by atoms with Gasteiger partial charge >= 0.3 is 0 Å². The van der Waals surface area contributed by atoms with Gasteiger partial charge in [-0.1, -0.05) is 18.2 Å². The van der Waals surface area contributed by atoms with Crippen LogP contribution in [0.3, 0.4) is 0 Å². The summed E-state index contributed by atoms with van der Waals surface area (Å²) in [5.74, 6) is 0.322. The first kappa shape index (κ1) is 9.61. The minimum absolute atomic E-state index is 0.322. The fraction of sp³-hybridized carbons (Fsp3) is 0. The molecule has 0 radical (unpaired) electrons. The van der Waals surface area contributed by atoms with Gasteiger partial charge in [-0.2, -0.15) is 0 Å². The molecule has 0 aliphatic heterocycles. The van der Waals surface area contributed by atoms with E-state index in [-0.39, 0.29) is 0 Å². The number of para-hydroxylation sites is 1. The summed E-state index contributed by atoms with van der Waals surface area (Å²) in [7, 11) is 0. The number of benzene rings is 1. The Morgan fingerprint density at radius 3 is 1.77 bits per heavy atom. The van der Waals surface area contributed by atoms with Gasteiger partial charge in [-0.15, -0.1) is 11.3 Å². The largest absolute Gasteiger partial charge is 0.508 e. The predicted octanol–water partition coefficient (Wildman–Crippen LogP) is 2.85. The third kappa shape index (κ3) is 4.18. The molecular formula is C10H10O2S. The Kier molecular flexibility index (Phi) is 3.85. The van der Waals surface area contributed by atoms with Crippen LogP contribution < -0.4 is 0 Å². The monoisotopic (exact) mass is 194 g/mol. The van der Waals surface area contributed by atoms with Gasteiger partial charge in [-0.25, -0.2) is 0 Å². The molecule has 0 amide bonds. The van der Waals surface area contributed by atoms with Gasteiger partial charge in [0, 0.05) is 0 Å². The zero-order valence-electron chi connectivity index (χ0n) is 6.92. The van der Waals surface area contributed by atoms with Crippen LogP contribution in [0.5, 0.6) is 10.8 Å². The van der Waals surface area contributed by atoms with E-state index < -0.39 is 0 Å². The van der Waals surface area contributed by atoms with Crippen molar-refractivity contribution in [3.8, 4) is 10.8 Å². The first-order valence-electron chi connectivity index (χ1n) is 3.75. The molecule has 0 bridgehead atoms. The number of phenols is 1. The van der Waals surface area contributed by atoms with Crippen molar-refractivity contribution in [1.29, 1.82) is 0 Å². The molecule has 2 aromatic rings. The molecule has 0 aliphatic rings. The highest BCUT2D eigenvalue weighted by atomic mass is 32.1. The Morgan fingerprint density at radius 2 is 1.54 bits per heavy atom. The maximum atomic E-state index is 8.63. The maximum Gasteiger partial charge on any atom is 0.171 e. The highest BCUT2D eigenvalue weighted by Crippen LogP contribution is 2.14. The molecule has 1 heterocycles. The summed E-state index contributed by atoms with van der Waals surface area (Å²) in [5.41, 5.74) is 0. The first-order chi connectivity index (χ1) is 6.29. The predicted molar refractivity (Wildman–Crippen MR) is 54.1 cm³/mol. The van der Waals surface area contributed by atoms with E-state index in [0.29, 0.717) is 10.8 Å². The van der Waals surface area contributed by atoms with E-state index >= 15 is 0 Å². The minimum Gasteiger partial charge on any atom is -0.508 e. The molecule has 2 rings (SSSR count). The van der Waals surface area contributed by atoms with E-state index in [9.17, 15) is 0 Å². The summed E-state index contributed by atoms with van der Waals surface area (Å²) in [6, 6.07) is 12.2. The molecule has 0 fully saturated rings. The number of aromatic hydroxyl groups is 2. The van der Waals surface area contributed by atoms with Crippen LogP contribution in [0.25, 0.3) is 0 Å². The van der Waals surface area contributed by atoms with Gasteiger partial charge in [-0.3, -0.25) is 0 Å². The van der Waals surface area contributed by atoms with Gasteiger partial charge in [0.15, 0.2) is 5.06 Å². The summed E-state index contributed by atoms with van der Waals surface area (Å²) in [6.07, 6.45) is 0. The van der Waals surface area contributed by atoms with E-state index in [1.54, 1.807) is 36.4 Å². The summed E-state index contributed by atoms with van der Waals surface area (Å²) in [4.78, 5) is 0. The normalized spacial score (nSPS) is 8.62. The van der Waals surface area contributed by atoms with E-state index in [4.69, 9.17) is 10.2 Å². The second-order valence-corrected chi connectivity index (χ2v) is 3.21. The SMILES string of the molecule is Oc1ccccc1.Oc1cccs1. The lowest BCUT2D eigenvalue weighted by Gasteiger charge is -1.82. The van der Waals surface area contributed by atoms with Crippen LogP contribution in [0, 0.1) is 0 Å². The lowest BCUT2D eigenvalue weighted by molar-refractivity contribution is 0.475. The van der Waals surface area contributed by atoms with Crippen LogP contribution >= 0.6 is 11.3 Å². The fourth-order valence-corrected chi connectivity index (χ4v) is 1.15. The molecule has 3 heteroatoms. The second kappa shape index (κ2) is 5.22. The quantitative estimate of drug-likeness (QED) is 0.677. The lowest BCUT2D eigenvalue weighted by Crippen LogP contribution is -1.56. The number of thiophene rings is 1. The van der Waals surface area contributed by atoms with E-state index in [1.165, 1.54) is 11.3 Å². The van der Waals surface area contributed by atoms with Crippen LogP contribution in [0.4, 0.5) is 0 Å². The van der Waals surface area contributed by atoms with Crippen LogP contribution in [-0.2, 0) is 0 Å². The van der Waals surface area contributed by atoms with E-state index in [0.717, 1.165) is 0 Å². The maximum absolute atomic E-state index is 8.63. The van der Waals surface area contributed by atoms with Crippen molar-refractivity contribution in [2.45, 2.75) is 0 Å². The van der Waals surface area contributed by atoms with Crippen molar-refractivity contribution in [2.24, 2.45) is 0 Å².